The molecule has 2 heterocycles. The van der Waals surface area contributed by atoms with Crippen LogP contribution in [0.5, 0.6) is 0 Å². The number of rotatable bonds is 5. The zero-order chi connectivity index (χ0) is 37.1. The fraction of sp³-hybridized carbons (Fsp3) is 0.0189. The van der Waals surface area contributed by atoms with E-state index in [1.54, 1.807) is 0 Å². The highest BCUT2D eigenvalue weighted by atomic mass is 32.2. The summed E-state index contributed by atoms with van der Waals surface area (Å²) in [6, 6.07) is 74.4. The molecule has 0 radical (unpaired) electrons. The highest BCUT2D eigenvalue weighted by Crippen LogP contribution is 2.62. The summed E-state index contributed by atoms with van der Waals surface area (Å²) in [5, 5.41) is 0. The van der Waals surface area contributed by atoms with Crippen molar-refractivity contribution in [3.8, 4) is 67.3 Å². The van der Waals surface area contributed by atoms with Crippen LogP contribution in [0.1, 0.15) is 22.3 Å². The summed E-state index contributed by atoms with van der Waals surface area (Å²) in [5.74, 6) is 0.702. The van der Waals surface area contributed by atoms with Gasteiger partial charge >= 0.3 is 0 Å². The van der Waals surface area contributed by atoms with Gasteiger partial charge in [-0.2, -0.15) is 0 Å². The van der Waals surface area contributed by atoms with E-state index in [1.807, 2.05) is 17.8 Å². The van der Waals surface area contributed by atoms with Gasteiger partial charge in [0.1, 0.15) is 0 Å². The van der Waals surface area contributed by atoms with Crippen LogP contribution in [0.15, 0.2) is 216 Å². The summed E-state index contributed by atoms with van der Waals surface area (Å²) in [7, 11) is 0. The van der Waals surface area contributed by atoms with Gasteiger partial charge in [0.2, 0.25) is 0 Å². The summed E-state index contributed by atoms with van der Waals surface area (Å²) in [6.07, 6.45) is 0. The minimum Gasteiger partial charge on any atom is -0.228 e. The minimum absolute atomic E-state index is 0.421. The second-order valence-electron chi connectivity index (χ2n) is 14.5. The maximum absolute atomic E-state index is 5.23. The number of fused-ring (bicyclic) bond motifs is 9. The zero-order valence-corrected chi connectivity index (χ0v) is 31.2. The Hall–Kier alpha value is -6.81. The van der Waals surface area contributed by atoms with Gasteiger partial charge in [-0.25, -0.2) is 9.97 Å². The topological polar surface area (TPSA) is 25.8 Å². The molecular weight excluding hydrogens is 697 g/mol. The molecule has 9 aromatic rings. The first-order chi connectivity index (χ1) is 27.7. The van der Waals surface area contributed by atoms with E-state index in [-0.39, 0.29) is 0 Å². The molecule has 3 heteroatoms. The van der Waals surface area contributed by atoms with Crippen molar-refractivity contribution in [2.45, 2.75) is 15.2 Å². The smallest absolute Gasteiger partial charge is 0.160 e. The van der Waals surface area contributed by atoms with Gasteiger partial charge in [0.05, 0.1) is 16.8 Å². The molecule has 1 aliphatic carbocycles. The number of hydrogen-bond acceptors (Lipinski definition) is 3. The van der Waals surface area contributed by atoms with Crippen LogP contribution in [0.3, 0.4) is 0 Å². The van der Waals surface area contributed by atoms with Crippen LogP contribution < -0.4 is 0 Å². The van der Waals surface area contributed by atoms with Gasteiger partial charge in [0.25, 0.3) is 0 Å². The van der Waals surface area contributed by atoms with E-state index < -0.39 is 5.41 Å². The summed E-state index contributed by atoms with van der Waals surface area (Å²) >= 11 is 1.88. The number of nitrogens with zero attached hydrogens (tertiary/aromatic N) is 2. The maximum Gasteiger partial charge on any atom is 0.160 e. The third-order valence-electron chi connectivity index (χ3n) is 11.4. The van der Waals surface area contributed by atoms with Crippen molar-refractivity contribution in [2.75, 3.05) is 0 Å². The van der Waals surface area contributed by atoms with Crippen LogP contribution in [-0.4, -0.2) is 9.97 Å². The van der Waals surface area contributed by atoms with Crippen molar-refractivity contribution >= 4 is 11.8 Å². The Bertz CT molecular complexity index is 2890. The molecule has 56 heavy (non-hydrogen) atoms. The average Bonchev–Trinajstić information content (AvgIpc) is 3.57. The van der Waals surface area contributed by atoms with Crippen LogP contribution in [0.4, 0.5) is 0 Å². The molecule has 0 amide bonds. The maximum atomic E-state index is 5.23. The lowest BCUT2D eigenvalue weighted by Gasteiger charge is -2.40. The van der Waals surface area contributed by atoms with E-state index in [4.69, 9.17) is 9.97 Å². The Morgan fingerprint density at radius 1 is 0.304 bits per heavy atom. The minimum atomic E-state index is -0.421. The molecule has 1 aliphatic heterocycles. The zero-order valence-electron chi connectivity index (χ0n) is 30.4. The summed E-state index contributed by atoms with van der Waals surface area (Å²) in [4.78, 5) is 13.0. The van der Waals surface area contributed by atoms with E-state index in [0.717, 1.165) is 33.6 Å². The summed E-state index contributed by atoms with van der Waals surface area (Å²) in [6.45, 7) is 0. The molecule has 11 rings (SSSR count). The first-order valence-electron chi connectivity index (χ1n) is 19.1. The van der Waals surface area contributed by atoms with Crippen LogP contribution in [0.25, 0.3) is 67.3 Å². The molecule has 2 nitrogen and oxygen atoms in total. The van der Waals surface area contributed by atoms with Crippen LogP contribution in [0, 0.1) is 0 Å². The molecule has 0 N–H and O–H groups in total. The lowest BCUT2D eigenvalue weighted by Crippen LogP contribution is -2.32. The molecule has 0 bridgehead atoms. The van der Waals surface area contributed by atoms with E-state index in [9.17, 15) is 0 Å². The molecule has 0 fully saturated rings. The summed E-state index contributed by atoms with van der Waals surface area (Å²) in [5.41, 5.74) is 17.1. The second-order valence-corrected chi connectivity index (χ2v) is 15.6. The Morgan fingerprint density at radius 3 is 1.46 bits per heavy atom. The highest BCUT2D eigenvalue weighted by Gasteiger charge is 2.50. The van der Waals surface area contributed by atoms with E-state index >= 15 is 0 Å². The van der Waals surface area contributed by atoms with Gasteiger partial charge in [-0.3, -0.25) is 0 Å². The Kier molecular flexibility index (Phi) is 7.68. The van der Waals surface area contributed by atoms with Crippen molar-refractivity contribution in [3.63, 3.8) is 0 Å². The molecule has 8 aromatic carbocycles. The average molecular weight is 731 g/mol. The van der Waals surface area contributed by atoms with E-state index in [2.05, 4.69) is 200 Å². The van der Waals surface area contributed by atoms with Gasteiger partial charge in [0.15, 0.2) is 5.82 Å². The normalized spacial score (nSPS) is 13.1. The number of benzene rings is 8. The number of hydrogen-bond donors (Lipinski definition) is 0. The lowest BCUT2D eigenvalue weighted by molar-refractivity contribution is 0.723. The van der Waals surface area contributed by atoms with Gasteiger partial charge in [0, 0.05) is 26.5 Å². The molecule has 0 saturated carbocycles. The van der Waals surface area contributed by atoms with Crippen molar-refractivity contribution in [1.82, 2.24) is 9.97 Å². The van der Waals surface area contributed by atoms with Gasteiger partial charge in [-0.1, -0.05) is 188 Å². The van der Waals surface area contributed by atoms with Crippen LogP contribution in [0.2, 0.25) is 0 Å². The first-order valence-corrected chi connectivity index (χ1v) is 19.9. The fourth-order valence-electron chi connectivity index (χ4n) is 8.82. The number of aromatic nitrogens is 2. The molecule has 1 aromatic heterocycles. The quantitative estimate of drug-likeness (QED) is 0.176. The first kappa shape index (κ1) is 32.6. The monoisotopic (exact) mass is 730 g/mol. The predicted molar refractivity (Wildman–Crippen MR) is 231 cm³/mol. The van der Waals surface area contributed by atoms with Crippen LogP contribution in [-0.2, 0) is 5.41 Å². The molecule has 2 aliphatic rings. The molecule has 1 spiro atoms. The SMILES string of the molecule is c1ccc(-c2ccc(-c3cc(-c4ccccc4)nc(-c4cccc(-c5ccc6c(c5)C5(c7ccccc7S6)c6ccccc6-c6ccccc65)c4)n3)cc2)cc1. The Balaban J connectivity index is 1.05. The van der Waals surface area contributed by atoms with E-state index in [0.29, 0.717) is 5.82 Å². The van der Waals surface area contributed by atoms with Crippen molar-refractivity contribution in [1.29, 1.82) is 0 Å². The molecule has 0 saturated heterocycles. The lowest BCUT2D eigenvalue weighted by atomic mass is 9.67. The standard InChI is InChI=1S/C53H34N2S/c1-3-14-35(15-4-1)36-26-28-38(29-27-36)49-34-48(37-16-5-2-6-17-37)54-52(55-49)41-19-13-18-39(32-41)40-30-31-51-47(33-40)53(46-24-11-12-25-50(46)56-51)44-22-9-7-20-42(44)43-21-8-10-23-45(43)53/h1-34H. The van der Waals surface area contributed by atoms with Gasteiger partial charge in [-0.15, -0.1) is 0 Å². The Labute approximate surface area is 331 Å². The van der Waals surface area contributed by atoms with Gasteiger partial charge < -0.3 is 0 Å². The predicted octanol–water partition coefficient (Wildman–Crippen LogP) is 13.6. The molecular formula is C53H34N2S. The second kappa shape index (κ2) is 13.2. The largest absolute Gasteiger partial charge is 0.228 e. The van der Waals surface area contributed by atoms with Crippen molar-refractivity contribution in [3.05, 3.63) is 229 Å². The molecule has 262 valence electrons. The fourth-order valence-corrected chi connectivity index (χ4v) is 9.99. The van der Waals surface area contributed by atoms with Crippen molar-refractivity contribution in [2.24, 2.45) is 0 Å². The highest BCUT2D eigenvalue weighted by molar-refractivity contribution is 7.99. The Morgan fingerprint density at radius 2 is 0.768 bits per heavy atom. The molecule has 0 atom stereocenters. The third-order valence-corrected chi connectivity index (χ3v) is 12.5. The van der Waals surface area contributed by atoms with Crippen molar-refractivity contribution < 1.29 is 0 Å². The van der Waals surface area contributed by atoms with Crippen LogP contribution >= 0.6 is 11.8 Å². The third kappa shape index (κ3) is 5.20. The van der Waals surface area contributed by atoms with Gasteiger partial charge in [-0.05, 0) is 86.0 Å². The van der Waals surface area contributed by atoms with E-state index in [1.165, 1.54) is 59.9 Å². The molecule has 0 unspecified atom stereocenters. The summed E-state index contributed by atoms with van der Waals surface area (Å²) < 4.78 is 0.